The zero-order valence-corrected chi connectivity index (χ0v) is 11.7. The zero-order chi connectivity index (χ0) is 14.5. The van der Waals surface area contributed by atoms with Gasteiger partial charge in [-0.1, -0.05) is 37.3 Å². The molecule has 7 heteroatoms. The Kier molecular flexibility index (Phi) is 5.46. The maximum atomic E-state index is 12.0. The first-order valence-corrected chi connectivity index (χ1v) is 7.35. The Labute approximate surface area is 113 Å². The second kappa shape index (κ2) is 6.65. The smallest absolute Gasteiger partial charge is 0.321 e. The molecule has 106 valence electrons. The molecule has 0 bridgehead atoms. The number of carbonyl (C=O) groups is 1. The Morgan fingerprint density at radius 2 is 1.95 bits per heavy atom. The molecule has 2 N–H and O–H groups in total. The number of rotatable bonds is 7. The molecular formula is C12H18N2O4S. The highest BCUT2D eigenvalue weighted by Gasteiger charge is 2.25. The van der Waals surface area contributed by atoms with Crippen LogP contribution in [0.4, 0.5) is 0 Å². The molecule has 6 nitrogen and oxygen atoms in total. The third kappa shape index (κ3) is 4.62. The van der Waals surface area contributed by atoms with Gasteiger partial charge in [-0.05, 0) is 12.5 Å². The van der Waals surface area contributed by atoms with Crippen molar-refractivity contribution in [1.82, 2.24) is 9.03 Å². The molecule has 0 aliphatic heterocycles. The lowest BCUT2D eigenvalue weighted by atomic mass is 10.2. The first kappa shape index (κ1) is 15.6. The molecule has 0 aliphatic rings. The van der Waals surface area contributed by atoms with Crippen LogP contribution in [0.1, 0.15) is 19.4 Å². The predicted octanol–water partition coefficient (Wildman–Crippen LogP) is 0.816. The van der Waals surface area contributed by atoms with E-state index in [1.54, 1.807) is 6.92 Å². The van der Waals surface area contributed by atoms with E-state index in [0.29, 0.717) is 0 Å². The summed E-state index contributed by atoms with van der Waals surface area (Å²) in [5.41, 5.74) is 0.845. The van der Waals surface area contributed by atoms with E-state index in [0.717, 1.165) is 5.56 Å². The fraction of sp³-hybridized carbons (Fsp3) is 0.417. The Bertz CT molecular complexity index is 516. The Morgan fingerprint density at radius 1 is 1.37 bits per heavy atom. The summed E-state index contributed by atoms with van der Waals surface area (Å²) in [6.45, 7) is 3.46. The van der Waals surface area contributed by atoms with E-state index in [1.807, 2.05) is 30.3 Å². The summed E-state index contributed by atoms with van der Waals surface area (Å²) in [5.74, 6) is -1.21. The Morgan fingerprint density at radius 3 is 2.42 bits per heavy atom. The minimum atomic E-state index is -3.81. The van der Waals surface area contributed by atoms with Crippen LogP contribution in [0.25, 0.3) is 0 Å². The van der Waals surface area contributed by atoms with Crippen molar-refractivity contribution in [3.63, 3.8) is 0 Å². The van der Waals surface area contributed by atoms with E-state index < -0.39 is 22.2 Å². The molecule has 0 heterocycles. The maximum absolute atomic E-state index is 12.0. The van der Waals surface area contributed by atoms with E-state index >= 15 is 0 Å². The number of nitrogens with one attached hydrogen (secondary N) is 1. The van der Waals surface area contributed by atoms with Crippen LogP contribution in [0.2, 0.25) is 0 Å². The fourth-order valence-corrected chi connectivity index (χ4v) is 2.86. The molecule has 1 atom stereocenters. The van der Waals surface area contributed by atoms with E-state index in [1.165, 1.54) is 11.2 Å². The number of nitrogens with zero attached hydrogens (tertiary/aromatic N) is 1. The van der Waals surface area contributed by atoms with Crippen molar-refractivity contribution in [3.8, 4) is 0 Å². The highest BCUT2D eigenvalue weighted by Crippen LogP contribution is 2.08. The van der Waals surface area contributed by atoms with Crippen LogP contribution in [-0.4, -0.2) is 36.4 Å². The van der Waals surface area contributed by atoms with Crippen LogP contribution in [0.5, 0.6) is 0 Å². The number of hydrogen-bond donors (Lipinski definition) is 2. The topological polar surface area (TPSA) is 86.7 Å². The van der Waals surface area contributed by atoms with Crippen LogP contribution in [-0.2, 0) is 21.5 Å². The normalized spacial score (nSPS) is 13.4. The van der Waals surface area contributed by atoms with Crippen molar-refractivity contribution in [2.75, 3.05) is 6.54 Å². The predicted molar refractivity (Wildman–Crippen MR) is 71.7 cm³/mol. The molecular weight excluding hydrogens is 268 g/mol. The average Bonchev–Trinajstić information content (AvgIpc) is 2.36. The summed E-state index contributed by atoms with van der Waals surface area (Å²) in [6.07, 6.45) is 0. The number of carboxylic acids is 1. The SMILES string of the molecule is CCN(Cc1ccccc1)S(=O)(=O)N[C@@H](C)C(=O)O. The maximum Gasteiger partial charge on any atom is 0.321 e. The molecule has 1 rings (SSSR count). The van der Waals surface area contributed by atoms with Gasteiger partial charge >= 0.3 is 5.97 Å². The van der Waals surface area contributed by atoms with Crippen molar-refractivity contribution >= 4 is 16.2 Å². The van der Waals surface area contributed by atoms with E-state index in [-0.39, 0.29) is 13.1 Å². The number of carboxylic acid groups (broad SMARTS) is 1. The van der Waals surface area contributed by atoms with Crippen LogP contribution in [0, 0.1) is 0 Å². The van der Waals surface area contributed by atoms with E-state index in [4.69, 9.17) is 5.11 Å². The average molecular weight is 286 g/mol. The molecule has 19 heavy (non-hydrogen) atoms. The number of aliphatic carboxylic acids is 1. The Balaban J connectivity index is 2.81. The lowest BCUT2D eigenvalue weighted by molar-refractivity contribution is -0.138. The molecule has 1 aromatic carbocycles. The van der Waals surface area contributed by atoms with Gasteiger partial charge in [-0.25, -0.2) is 0 Å². The third-order valence-electron chi connectivity index (χ3n) is 2.59. The molecule has 0 saturated carbocycles. The van der Waals surface area contributed by atoms with Gasteiger partial charge in [0.15, 0.2) is 0 Å². The molecule has 0 amide bonds. The van der Waals surface area contributed by atoms with Crippen molar-refractivity contribution < 1.29 is 18.3 Å². The van der Waals surface area contributed by atoms with Gasteiger partial charge in [0.1, 0.15) is 6.04 Å². The number of hydrogen-bond acceptors (Lipinski definition) is 3. The van der Waals surface area contributed by atoms with Crippen molar-refractivity contribution in [1.29, 1.82) is 0 Å². The van der Waals surface area contributed by atoms with Crippen molar-refractivity contribution in [2.24, 2.45) is 0 Å². The van der Waals surface area contributed by atoms with Gasteiger partial charge in [0, 0.05) is 13.1 Å². The van der Waals surface area contributed by atoms with Gasteiger partial charge in [-0.3, -0.25) is 4.79 Å². The van der Waals surface area contributed by atoms with Gasteiger partial charge in [0.2, 0.25) is 0 Å². The quantitative estimate of drug-likeness (QED) is 0.777. The van der Waals surface area contributed by atoms with E-state index in [2.05, 4.69) is 4.72 Å². The molecule has 0 fully saturated rings. The molecule has 0 unspecified atom stereocenters. The van der Waals surface area contributed by atoms with Gasteiger partial charge in [0.05, 0.1) is 0 Å². The fourth-order valence-electron chi connectivity index (χ4n) is 1.50. The number of benzene rings is 1. The molecule has 0 aromatic heterocycles. The van der Waals surface area contributed by atoms with Crippen LogP contribution in [0.3, 0.4) is 0 Å². The standard InChI is InChI=1S/C12H18N2O4S/c1-3-14(9-11-7-5-4-6-8-11)19(17,18)13-10(2)12(15)16/h4-8,10,13H,3,9H2,1-2H3,(H,15,16)/t10-/m0/s1. The summed E-state index contributed by atoms with van der Waals surface area (Å²) in [4.78, 5) is 10.7. The first-order valence-electron chi connectivity index (χ1n) is 5.91. The van der Waals surface area contributed by atoms with Crippen molar-refractivity contribution in [2.45, 2.75) is 26.4 Å². The second-order valence-electron chi connectivity index (χ2n) is 4.09. The highest BCUT2D eigenvalue weighted by atomic mass is 32.2. The lowest BCUT2D eigenvalue weighted by Crippen LogP contribution is -2.46. The van der Waals surface area contributed by atoms with E-state index in [9.17, 15) is 13.2 Å². The van der Waals surface area contributed by atoms with Gasteiger partial charge < -0.3 is 5.11 Å². The molecule has 0 aliphatic carbocycles. The third-order valence-corrected chi connectivity index (χ3v) is 4.31. The minimum Gasteiger partial charge on any atom is -0.480 e. The summed E-state index contributed by atoms with van der Waals surface area (Å²) in [7, 11) is -3.81. The summed E-state index contributed by atoms with van der Waals surface area (Å²) >= 11 is 0. The van der Waals surface area contributed by atoms with Crippen LogP contribution in [0.15, 0.2) is 30.3 Å². The first-order chi connectivity index (χ1) is 8.86. The lowest BCUT2D eigenvalue weighted by Gasteiger charge is -2.22. The van der Waals surface area contributed by atoms with Crippen LogP contribution >= 0.6 is 0 Å². The van der Waals surface area contributed by atoms with Gasteiger partial charge in [-0.2, -0.15) is 17.4 Å². The minimum absolute atomic E-state index is 0.207. The monoisotopic (exact) mass is 286 g/mol. The molecule has 1 aromatic rings. The second-order valence-corrected chi connectivity index (χ2v) is 5.80. The van der Waals surface area contributed by atoms with Gasteiger partial charge in [-0.15, -0.1) is 0 Å². The summed E-state index contributed by atoms with van der Waals surface area (Å²) in [6, 6.07) is 7.97. The van der Waals surface area contributed by atoms with Gasteiger partial charge in [0.25, 0.3) is 10.2 Å². The molecule has 0 saturated heterocycles. The van der Waals surface area contributed by atoms with Crippen molar-refractivity contribution in [3.05, 3.63) is 35.9 Å². The Hall–Kier alpha value is -1.44. The molecule has 0 radical (unpaired) electrons. The summed E-state index contributed by atoms with van der Waals surface area (Å²) in [5, 5.41) is 8.74. The zero-order valence-electron chi connectivity index (χ0n) is 10.9. The summed E-state index contributed by atoms with van der Waals surface area (Å²) < 4.78 is 27.4. The molecule has 0 spiro atoms. The highest BCUT2D eigenvalue weighted by molar-refractivity contribution is 7.87. The largest absolute Gasteiger partial charge is 0.480 e. The van der Waals surface area contributed by atoms with Crippen LogP contribution < -0.4 is 4.72 Å².